The summed E-state index contributed by atoms with van der Waals surface area (Å²) in [5.74, 6) is -0.374. The molecule has 1 atom stereocenters. The number of anilines is 1. The SMILES string of the molecule is CCc1ccc2nc(N(CC3CCCO3)C(=O)c3ccccc3S(C)(=O)=O)sc2c1. The summed E-state index contributed by atoms with van der Waals surface area (Å²) in [4.78, 5) is 19.9. The van der Waals surface area contributed by atoms with Crippen molar-refractivity contribution in [2.24, 2.45) is 0 Å². The second-order valence-electron chi connectivity index (χ2n) is 7.47. The van der Waals surface area contributed by atoms with E-state index in [9.17, 15) is 13.2 Å². The zero-order valence-electron chi connectivity index (χ0n) is 17.0. The molecule has 8 heteroatoms. The van der Waals surface area contributed by atoms with Crippen LogP contribution in [-0.2, 0) is 21.0 Å². The third-order valence-electron chi connectivity index (χ3n) is 5.25. The van der Waals surface area contributed by atoms with Gasteiger partial charge in [-0.2, -0.15) is 0 Å². The van der Waals surface area contributed by atoms with E-state index in [0.29, 0.717) is 18.3 Å². The number of carbonyl (C=O) groups is 1. The van der Waals surface area contributed by atoms with Gasteiger partial charge in [-0.05, 0) is 49.1 Å². The fourth-order valence-corrected chi connectivity index (χ4v) is 5.56. The average molecular weight is 445 g/mol. The first-order chi connectivity index (χ1) is 14.4. The van der Waals surface area contributed by atoms with Gasteiger partial charge in [0.1, 0.15) is 0 Å². The lowest BCUT2D eigenvalue weighted by Gasteiger charge is -2.24. The van der Waals surface area contributed by atoms with Crippen LogP contribution in [0.1, 0.15) is 35.7 Å². The maximum Gasteiger partial charge on any atom is 0.261 e. The number of carbonyl (C=O) groups excluding carboxylic acids is 1. The van der Waals surface area contributed by atoms with E-state index in [-0.39, 0.29) is 22.5 Å². The van der Waals surface area contributed by atoms with Gasteiger partial charge < -0.3 is 4.74 Å². The zero-order valence-corrected chi connectivity index (χ0v) is 18.6. The summed E-state index contributed by atoms with van der Waals surface area (Å²) in [6, 6.07) is 12.4. The predicted octanol–water partition coefficient (Wildman–Crippen LogP) is 4.09. The lowest BCUT2D eigenvalue weighted by Crippen LogP contribution is -2.38. The predicted molar refractivity (Wildman–Crippen MR) is 119 cm³/mol. The molecule has 1 aromatic heterocycles. The highest BCUT2D eigenvalue weighted by Gasteiger charge is 2.29. The number of amides is 1. The van der Waals surface area contributed by atoms with Crippen LogP contribution in [0.3, 0.4) is 0 Å². The highest BCUT2D eigenvalue weighted by molar-refractivity contribution is 7.90. The van der Waals surface area contributed by atoms with Crippen molar-refractivity contribution in [3.63, 3.8) is 0 Å². The van der Waals surface area contributed by atoms with Crippen LogP contribution in [-0.4, -0.2) is 44.8 Å². The first-order valence-corrected chi connectivity index (χ1v) is 12.7. The van der Waals surface area contributed by atoms with Gasteiger partial charge in [0, 0.05) is 12.9 Å². The minimum absolute atomic E-state index is 0.0294. The molecule has 6 nitrogen and oxygen atoms in total. The molecule has 4 rings (SSSR count). The van der Waals surface area contributed by atoms with Gasteiger partial charge in [0.25, 0.3) is 5.91 Å². The number of aryl methyl sites for hydroxylation is 1. The van der Waals surface area contributed by atoms with Crippen LogP contribution < -0.4 is 4.90 Å². The summed E-state index contributed by atoms with van der Waals surface area (Å²) < 4.78 is 31.3. The molecule has 1 aliphatic rings. The number of fused-ring (bicyclic) bond motifs is 1. The van der Waals surface area contributed by atoms with Gasteiger partial charge in [0.15, 0.2) is 15.0 Å². The Morgan fingerprint density at radius 3 is 2.77 bits per heavy atom. The zero-order chi connectivity index (χ0) is 21.3. The molecule has 0 bridgehead atoms. The van der Waals surface area contributed by atoms with Crippen molar-refractivity contribution < 1.29 is 17.9 Å². The van der Waals surface area contributed by atoms with Crippen LogP contribution >= 0.6 is 11.3 Å². The van der Waals surface area contributed by atoms with E-state index in [1.54, 1.807) is 23.1 Å². The molecule has 2 heterocycles. The Morgan fingerprint density at radius 2 is 2.07 bits per heavy atom. The van der Waals surface area contributed by atoms with Crippen molar-refractivity contribution in [2.75, 3.05) is 24.3 Å². The fraction of sp³-hybridized carbons (Fsp3) is 0.364. The van der Waals surface area contributed by atoms with Crippen LogP contribution in [0.15, 0.2) is 47.4 Å². The largest absolute Gasteiger partial charge is 0.376 e. The fourth-order valence-electron chi connectivity index (χ4n) is 3.64. The van der Waals surface area contributed by atoms with Gasteiger partial charge in [-0.1, -0.05) is 36.5 Å². The first-order valence-electron chi connectivity index (χ1n) is 9.99. The molecule has 2 aromatic carbocycles. The van der Waals surface area contributed by atoms with Crippen LogP contribution in [0.25, 0.3) is 10.2 Å². The highest BCUT2D eigenvalue weighted by atomic mass is 32.2. The minimum Gasteiger partial charge on any atom is -0.376 e. The normalized spacial score (nSPS) is 16.8. The summed E-state index contributed by atoms with van der Waals surface area (Å²) in [5.41, 5.74) is 2.19. The molecule has 1 unspecified atom stereocenters. The lowest BCUT2D eigenvalue weighted by atomic mass is 10.1. The number of hydrogen-bond acceptors (Lipinski definition) is 6. The van der Waals surface area contributed by atoms with Crippen molar-refractivity contribution in [1.29, 1.82) is 0 Å². The van der Waals surface area contributed by atoms with E-state index in [4.69, 9.17) is 4.74 Å². The van der Waals surface area contributed by atoms with Gasteiger partial charge in [-0.25, -0.2) is 13.4 Å². The van der Waals surface area contributed by atoms with Crippen LogP contribution in [0, 0.1) is 0 Å². The molecule has 30 heavy (non-hydrogen) atoms. The topological polar surface area (TPSA) is 76.6 Å². The summed E-state index contributed by atoms with van der Waals surface area (Å²) in [7, 11) is -3.55. The molecule has 1 aliphatic heterocycles. The van der Waals surface area contributed by atoms with Crippen molar-refractivity contribution in [2.45, 2.75) is 37.2 Å². The first kappa shape index (κ1) is 21.0. The molecule has 158 valence electrons. The molecular formula is C22H24N2O4S2. The number of sulfone groups is 1. The van der Waals surface area contributed by atoms with E-state index >= 15 is 0 Å². The third kappa shape index (κ3) is 4.26. The molecule has 1 amide bonds. The second kappa shape index (κ2) is 8.45. The summed E-state index contributed by atoms with van der Waals surface area (Å²) in [6.07, 6.45) is 3.77. The van der Waals surface area contributed by atoms with Crippen LogP contribution in [0.4, 0.5) is 5.13 Å². The maximum absolute atomic E-state index is 13.6. The van der Waals surface area contributed by atoms with Crippen molar-refractivity contribution in [3.8, 4) is 0 Å². The second-order valence-corrected chi connectivity index (χ2v) is 10.5. The van der Waals surface area contributed by atoms with Crippen LogP contribution in [0.5, 0.6) is 0 Å². The molecule has 0 N–H and O–H groups in total. The van der Waals surface area contributed by atoms with E-state index in [0.717, 1.165) is 35.7 Å². The molecule has 0 spiro atoms. The van der Waals surface area contributed by atoms with E-state index < -0.39 is 9.84 Å². The smallest absolute Gasteiger partial charge is 0.261 e. The Bertz CT molecular complexity index is 1180. The molecular weight excluding hydrogens is 420 g/mol. The summed E-state index contributed by atoms with van der Waals surface area (Å²) in [6.45, 7) is 3.11. The van der Waals surface area contributed by atoms with Gasteiger partial charge in [0.2, 0.25) is 0 Å². The summed E-state index contributed by atoms with van der Waals surface area (Å²) in [5, 5.41) is 0.557. The monoisotopic (exact) mass is 444 g/mol. The Labute approximate surface area is 180 Å². The van der Waals surface area contributed by atoms with Crippen molar-refractivity contribution >= 4 is 42.4 Å². The molecule has 0 saturated carbocycles. The van der Waals surface area contributed by atoms with Gasteiger partial charge in [0.05, 0.1) is 33.3 Å². The number of hydrogen-bond donors (Lipinski definition) is 0. The Balaban J connectivity index is 1.78. The number of nitrogens with zero attached hydrogens (tertiary/aromatic N) is 2. The minimum atomic E-state index is -3.55. The standard InChI is InChI=1S/C22H24N2O4S2/c1-3-15-10-11-18-19(13-15)29-22(23-18)24(14-16-7-6-12-28-16)21(25)17-8-4-5-9-20(17)30(2,26)27/h4-5,8-11,13,16H,3,6-7,12,14H2,1-2H3. The lowest BCUT2D eigenvalue weighted by molar-refractivity contribution is 0.0915. The molecule has 1 saturated heterocycles. The van der Waals surface area contributed by atoms with E-state index in [1.165, 1.54) is 23.0 Å². The Kier molecular flexibility index (Phi) is 5.90. The van der Waals surface area contributed by atoms with E-state index in [1.807, 2.05) is 12.1 Å². The highest BCUT2D eigenvalue weighted by Crippen LogP contribution is 2.32. The van der Waals surface area contributed by atoms with Crippen LogP contribution in [0.2, 0.25) is 0 Å². The Hall–Kier alpha value is -2.29. The van der Waals surface area contributed by atoms with Gasteiger partial charge >= 0.3 is 0 Å². The van der Waals surface area contributed by atoms with Gasteiger partial charge in [-0.15, -0.1) is 0 Å². The quantitative estimate of drug-likeness (QED) is 0.572. The average Bonchev–Trinajstić information content (AvgIpc) is 3.39. The third-order valence-corrected chi connectivity index (χ3v) is 7.45. The number of rotatable bonds is 6. The molecule has 0 radical (unpaired) electrons. The number of aromatic nitrogens is 1. The number of benzene rings is 2. The number of thiazole rings is 1. The maximum atomic E-state index is 13.6. The molecule has 0 aliphatic carbocycles. The summed E-state index contributed by atoms with van der Waals surface area (Å²) >= 11 is 1.44. The Morgan fingerprint density at radius 1 is 1.27 bits per heavy atom. The molecule has 1 fully saturated rings. The van der Waals surface area contributed by atoms with Crippen molar-refractivity contribution in [3.05, 3.63) is 53.6 Å². The van der Waals surface area contributed by atoms with Crippen molar-refractivity contribution in [1.82, 2.24) is 4.98 Å². The number of ether oxygens (including phenoxy) is 1. The molecule has 3 aromatic rings. The van der Waals surface area contributed by atoms with Gasteiger partial charge in [-0.3, -0.25) is 9.69 Å². The van der Waals surface area contributed by atoms with E-state index in [2.05, 4.69) is 18.0 Å².